The number of terminal acetylenes is 1. The molecule has 1 heterocycles. The Labute approximate surface area is 215 Å². The van der Waals surface area contributed by atoms with E-state index >= 15 is 0 Å². The van der Waals surface area contributed by atoms with Crippen molar-refractivity contribution in [1.29, 1.82) is 0 Å². The fourth-order valence-corrected chi connectivity index (χ4v) is 5.65. The zero-order chi connectivity index (χ0) is 26.2. The lowest BCUT2D eigenvalue weighted by molar-refractivity contribution is 0.160. The van der Waals surface area contributed by atoms with Crippen molar-refractivity contribution in [3.63, 3.8) is 0 Å². The first-order chi connectivity index (χ1) is 16.6. The molecule has 0 aromatic heterocycles. The third-order valence-corrected chi connectivity index (χ3v) is 8.36. The SMILES string of the molecule is C#CCCC(NC(=C)C1C[C@@H](C(C)C)CN1C(=C)C(N)C1(C)CCCCC1)C(=C)C(=C)NCC=C. The quantitative estimate of drug-likeness (QED) is 0.166. The molecule has 4 N–H and O–H groups in total. The van der Waals surface area contributed by atoms with Gasteiger partial charge >= 0.3 is 0 Å². The fraction of sp³-hybridized carbons (Fsp3) is 0.613. The van der Waals surface area contributed by atoms with Crippen LogP contribution >= 0.6 is 0 Å². The molecule has 0 amide bonds. The molecule has 0 aromatic rings. The Morgan fingerprint density at radius 1 is 1.20 bits per heavy atom. The van der Waals surface area contributed by atoms with Crippen LogP contribution in [-0.4, -0.2) is 36.1 Å². The van der Waals surface area contributed by atoms with E-state index in [2.05, 4.69) is 75.1 Å². The van der Waals surface area contributed by atoms with Crippen molar-refractivity contribution in [2.45, 2.75) is 90.3 Å². The molecule has 4 atom stereocenters. The van der Waals surface area contributed by atoms with Crippen LogP contribution in [0.1, 0.15) is 72.1 Å². The number of rotatable bonds is 14. The van der Waals surface area contributed by atoms with E-state index in [4.69, 9.17) is 12.2 Å². The molecule has 194 valence electrons. The van der Waals surface area contributed by atoms with Crippen molar-refractivity contribution in [3.05, 3.63) is 61.6 Å². The second-order valence-electron chi connectivity index (χ2n) is 11.2. The number of likely N-dealkylation sites (tertiary alicyclic amines) is 1. The van der Waals surface area contributed by atoms with E-state index in [0.29, 0.717) is 24.8 Å². The van der Waals surface area contributed by atoms with Crippen LogP contribution in [0.15, 0.2) is 61.6 Å². The molecule has 1 aliphatic carbocycles. The van der Waals surface area contributed by atoms with Crippen molar-refractivity contribution in [1.82, 2.24) is 15.5 Å². The van der Waals surface area contributed by atoms with Gasteiger partial charge in [0.15, 0.2) is 0 Å². The van der Waals surface area contributed by atoms with Gasteiger partial charge in [-0.15, -0.1) is 18.9 Å². The smallest absolute Gasteiger partial charge is 0.0683 e. The molecular formula is C31H50N4. The van der Waals surface area contributed by atoms with Crippen LogP contribution in [0, 0.1) is 29.6 Å². The first-order valence-corrected chi connectivity index (χ1v) is 13.4. The minimum Gasteiger partial charge on any atom is -0.382 e. The van der Waals surface area contributed by atoms with Crippen molar-refractivity contribution in [3.8, 4) is 12.3 Å². The van der Waals surface area contributed by atoms with E-state index in [1.54, 1.807) is 0 Å². The summed E-state index contributed by atoms with van der Waals surface area (Å²) in [6.45, 7) is 29.9. The maximum absolute atomic E-state index is 6.94. The zero-order valence-electron chi connectivity index (χ0n) is 22.7. The van der Waals surface area contributed by atoms with Crippen LogP contribution in [0.2, 0.25) is 0 Å². The Morgan fingerprint density at radius 2 is 1.86 bits per heavy atom. The number of nitrogens with two attached hydrogens (primary N) is 1. The van der Waals surface area contributed by atoms with Gasteiger partial charge in [0, 0.05) is 42.6 Å². The monoisotopic (exact) mass is 478 g/mol. The minimum atomic E-state index is -0.0425. The first kappa shape index (κ1) is 28.9. The van der Waals surface area contributed by atoms with Gasteiger partial charge in [0.25, 0.3) is 0 Å². The van der Waals surface area contributed by atoms with Gasteiger partial charge in [0.1, 0.15) is 0 Å². The normalized spacial score (nSPS) is 23.1. The molecule has 4 nitrogen and oxygen atoms in total. The van der Waals surface area contributed by atoms with Gasteiger partial charge in [-0.3, -0.25) is 0 Å². The molecule has 0 spiro atoms. The fourth-order valence-electron chi connectivity index (χ4n) is 5.65. The van der Waals surface area contributed by atoms with Crippen molar-refractivity contribution in [2.24, 2.45) is 23.0 Å². The molecule has 4 heteroatoms. The van der Waals surface area contributed by atoms with Crippen LogP contribution in [0.4, 0.5) is 0 Å². The highest BCUT2D eigenvalue weighted by atomic mass is 15.2. The highest BCUT2D eigenvalue weighted by Crippen LogP contribution is 2.43. The molecule has 1 saturated heterocycles. The number of nitrogens with one attached hydrogen (secondary N) is 2. The van der Waals surface area contributed by atoms with Gasteiger partial charge in [-0.1, -0.05) is 72.4 Å². The molecule has 1 aliphatic heterocycles. The highest BCUT2D eigenvalue weighted by Gasteiger charge is 2.42. The summed E-state index contributed by atoms with van der Waals surface area (Å²) in [6, 6.07) is 0.0592. The van der Waals surface area contributed by atoms with E-state index in [1.165, 1.54) is 32.1 Å². The van der Waals surface area contributed by atoms with E-state index in [9.17, 15) is 0 Å². The van der Waals surface area contributed by atoms with Gasteiger partial charge in [0.05, 0.1) is 12.1 Å². The predicted molar refractivity (Wildman–Crippen MR) is 152 cm³/mol. The Hall–Kier alpha value is -2.38. The molecule has 2 rings (SSSR count). The number of nitrogens with zero attached hydrogens (tertiary/aromatic N) is 1. The summed E-state index contributed by atoms with van der Waals surface area (Å²) in [4.78, 5) is 2.44. The third kappa shape index (κ3) is 7.31. The topological polar surface area (TPSA) is 53.3 Å². The lowest BCUT2D eigenvalue weighted by atomic mass is 9.70. The number of hydrogen-bond acceptors (Lipinski definition) is 4. The molecular weight excluding hydrogens is 428 g/mol. The molecule has 2 aliphatic rings. The van der Waals surface area contributed by atoms with Gasteiger partial charge in [-0.2, -0.15) is 0 Å². The molecule has 35 heavy (non-hydrogen) atoms. The van der Waals surface area contributed by atoms with Crippen molar-refractivity contribution < 1.29 is 0 Å². The second-order valence-corrected chi connectivity index (χ2v) is 11.2. The molecule has 0 radical (unpaired) electrons. The number of hydrogen-bond donors (Lipinski definition) is 3. The van der Waals surface area contributed by atoms with E-state index in [-0.39, 0.29) is 23.5 Å². The summed E-state index contributed by atoms with van der Waals surface area (Å²) in [5.74, 6) is 3.92. The molecule has 3 unspecified atom stereocenters. The Balaban J connectivity index is 2.22. The van der Waals surface area contributed by atoms with Crippen LogP contribution in [-0.2, 0) is 0 Å². The van der Waals surface area contributed by atoms with Crippen LogP contribution in [0.5, 0.6) is 0 Å². The lowest BCUT2D eigenvalue weighted by Gasteiger charge is -2.43. The van der Waals surface area contributed by atoms with Gasteiger partial charge in [0.2, 0.25) is 0 Å². The first-order valence-electron chi connectivity index (χ1n) is 13.4. The van der Waals surface area contributed by atoms with E-state index in [0.717, 1.165) is 42.1 Å². The lowest BCUT2D eigenvalue weighted by Crippen LogP contribution is -2.49. The molecule has 0 aromatic carbocycles. The standard InChI is InChI=1S/C31H50N4/c1-10-12-16-28(23(5)24(6)33-19-11-2)34-25(7)29-20-27(22(3)4)21-35(29)26(8)30(32)31(9)17-14-13-15-18-31/h1,11,22,27-30,33-34H,2,5-8,12-21,32H2,3-4,9H3/t27-,28?,29?,30?/m1/s1. The van der Waals surface area contributed by atoms with Crippen molar-refractivity contribution >= 4 is 0 Å². The Bertz CT molecular complexity index is 823. The summed E-state index contributed by atoms with van der Waals surface area (Å²) >= 11 is 0. The predicted octanol–water partition coefficient (Wildman–Crippen LogP) is 5.88. The summed E-state index contributed by atoms with van der Waals surface area (Å²) in [6.07, 6.45) is 16.0. The Morgan fingerprint density at radius 3 is 2.43 bits per heavy atom. The molecule has 2 fully saturated rings. The maximum Gasteiger partial charge on any atom is 0.0683 e. The van der Waals surface area contributed by atoms with Crippen LogP contribution in [0.25, 0.3) is 0 Å². The van der Waals surface area contributed by atoms with Gasteiger partial charge < -0.3 is 21.3 Å². The summed E-state index contributed by atoms with van der Waals surface area (Å²) in [5, 5.41) is 6.95. The second kappa shape index (κ2) is 13.1. The van der Waals surface area contributed by atoms with Gasteiger partial charge in [-0.25, -0.2) is 0 Å². The van der Waals surface area contributed by atoms with Crippen molar-refractivity contribution in [2.75, 3.05) is 13.1 Å². The largest absolute Gasteiger partial charge is 0.382 e. The maximum atomic E-state index is 6.94. The van der Waals surface area contributed by atoms with E-state index < -0.39 is 0 Å². The van der Waals surface area contributed by atoms with Crippen LogP contribution < -0.4 is 16.4 Å². The Kier molecular flexibility index (Phi) is 10.8. The molecule has 0 bridgehead atoms. The zero-order valence-corrected chi connectivity index (χ0v) is 22.7. The minimum absolute atomic E-state index is 0.0406. The summed E-state index contributed by atoms with van der Waals surface area (Å²) in [5.41, 5.74) is 10.8. The average Bonchev–Trinajstić information content (AvgIpc) is 3.30. The average molecular weight is 479 g/mol. The van der Waals surface area contributed by atoms with E-state index in [1.807, 2.05) is 6.08 Å². The summed E-state index contributed by atoms with van der Waals surface area (Å²) < 4.78 is 0. The molecule has 1 saturated carbocycles. The summed E-state index contributed by atoms with van der Waals surface area (Å²) in [7, 11) is 0. The van der Waals surface area contributed by atoms with Crippen LogP contribution in [0.3, 0.4) is 0 Å². The third-order valence-electron chi connectivity index (χ3n) is 8.36. The highest BCUT2D eigenvalue weighted by molar-refractivity contribution is 5.31. The van der Waals surface area contributed by atoms with Gasteiger partial charge in [-0.05, 0) is 48.5 Å².